The highest BCUT2D eigenvalue weighted by Crippen LogP contribution is 2.31. The number of fused-ring (bicyclic) bond motifs is 4. The predicted molar refractivity (Wildman–Crippen MR) is 268 cm³/mol. The Bertz CT molecular complexity index is 2690. The Morgan fingerprint density at radius 1 is 0.941 bits per heavy atom. The number of carbonyl (C=O) groups is 3. The molecule has 2 aromatic carbocycles. The zero-order valence-corrected chi connectivity index (χ0v) is 41.4. The zero-order valence-electron chi connectivity index (χ0n) is 40.2. The fraction of sp³-hybridized carbons (Fsp3) is 0.468. The second kappa shape index (κ2) is 25.0. The van der Waals surface area contributed by atoms with E-state index in [0.29, 0.717) is 60.3 Å². The van der Waals surface area contributed by atoms with Crippen LogP contribution in [0, 0.1) is 5.92 Å². The number of carboxylic acid groups (broad SMARTS) is 1. The van der Waals surface area contributed by atoms with Gasteiger partial charge in [0.1, 0.15) is 29.6 Å². The SMILES string of the molecule is CCCCc1nc2c(N)nc3ccccc3c2n1CC(C)(C)OC(=O)OCC(C)(C)OCC(C)C.CP.NCCCC(NC(=O)c1ccc(NCc2cnc3nc(N)[nH]c(=O)c3n2)cc1)C(=O)O. The van der Waals surface area contributed by atoms with Crippen molar-refractivity contribution in [2.75, 3.05) is 43.2 Å². The molecule has 0 bridgehead atoms. The lowest BCUT2D eigenvalue weighted by Gasteiger charge is -2.29. The van der Waals surface area contributed by atoms with Gasteiger partial charge in [-0.05, 0) is 89.8 Å². The van der Waals surface area contributed by atoms with Crippen LogP contribution in [-0.2, 0) is 38.5 Å². The molecule has 0 aliphatic rings. The number of carbonyl (C=O) groups excluding carboxylic acids is 2. The first-order valence-corrected chi connectivity index (χ1v) is 23.6. The van der Waals surface area contributed by atoms with Crippen molar-refractivity contribution in [3.05, 3.63) is 82.2 Å². The van der Waals surface area contributed by atoms with Gasteiger partial charge in [0.2, 0.25) is 5.95 Å². The molecule has 20 nitrogen and oxygen atoms in total. The van der Waals surface area contributed by atoms with E-state index in [4.69, 9.17) is 36.4 Å². The molecular formula is C47H67N12O8P. The number of nitrogens with zero attached hydrogens (tertiary/aromatic N) is 6. The van der Waals surface area contributed by atoms with E-state index >= 15 is 0 Å². The number of H-pyrrole nitrogens is 1. The molecule has 4 aromatic heterocycles. The van der Waals surface area contributed by atoms with Crippen molar-refractivity contribution in [2.45, 2.75) is 111 Å². The monoisotopic (exact) mass is 958 g/mol. The number of hydrogen-bond acceptors (Lipinski definition) is 16. The highest BCUT2D eigenvalue weighted by Gasteiger charge is 2.30. The number of rotatable bonds is 20. The molecular weight excluding hydrogens is 892 g/mol. The number of nitrogens with one attached hydrogen (secondary N) is 3. The Kier molecular flexibility index (Phi) is 19.9. The molecule has 0 aliphatic carbocycles. The van der Waals surface area contributed by atoms with Gasteiger partial charge in [-0.3, -0.25) is 14.6 Å². The van der Waals surface area contributed by atoms with Crippen molar-refractivity contribution in [1.82, 2.24) is 39.8 Å². The molecule has 2 unspecified atom stereocenters. The number of nitrogen functional groups attached to an aromatic ring is 2. The summed E-state index contributed by atoms with van der Waals surface area (Å²) in [5.41, 5.74) is 19.4. The average molecular weight is 959 g/mol. The molecule has 2 atom stereocenters. The summed E-state index contributed by atoms with van der Waals surface area (Å²) < 4.78 is 19.2. The number of amides is 1. The standard InChI is InChI=1S/C27H40N4O4.C19H22N8O4.CH5P/c1-8-9-14-21-30-22-23(19-12-10-11-13-20(19)29-24(22)28)31(21)16-26(4,5)35-25(32)33-17-27(6,7)34-15-18(2)3;20-7-1-2-13(18(30)31)25-16(28)10-3-5-11(6-4-10)22-8-12-9-23-15-14(24-12)17(29)27-19(21)26-15;1-2/h10-13,18H,8-9,14-17H2,1-7H3,(H2,28,29);3-6,9,13,22H,1-2,7-8,20H2,(H,25,28)(H,30,31)(H3,21,23,26,27,29);2H2,1H3. The number of para-hydroxylation sites is 1. The number of carboxylic acids is 1. The van der Waals surface area contributed by atoms with Crippen LogP contribution >= 0.6 is 9.24 Å². The minimum Gasteiger partial charge on any atom is -0.480 e. The van der Waals surface area contributed by atoms with Gasteiger partial charge in [-0.15, -0.1) is 9.24 Å². The molecule has 1 amide bonds. The Hall–Kier alpha value is -6.50. The molecule has 0 radical (unpaired) electrons. The van der Waals surface area contributed by atoms with E-state index in [-0.39, 0.29) is 36.7 Å². The lowest BCUT2D eigenvalue weighted by Crippen LogP contribution is -2.41. The minimum atomic E-state index is -1.10. The van der Waals surface area contributed by atoms with Crippen LogP contribution < -0.4 is 33.4 Å². The van der Waals surface area contributed by atoms with Gasteiger partial charge in [-0.1, -0.05) is 52.1 Å². The number of benzene rings is 2. The summed E-state index contributed by atoms with van der Waals surface area (Å²) in [6.45, 7) is 17.5. The fourth-order valence-electron chi connectivity index (χ4n) is 6.74. The van der Waals surface area contributed by atoms with Crippen LogP contribution in [0.5, 0.6) is 0 Å². The molecule has 10 N–H and O–H groups in total. The number of aromatic amines is 1. The van der Waals surface area contributed by atoms with Crippen molar-refractivity contribution < 1.29 is 33.7 Å². The van der Waals surface area contributed by atoms with Crippen LogP contribution in [0.15, 0.2) is 59.5 Å². The Balaban J connectivity index is 0.000000288. The molecule has 0 aliphatic heterocycles. The van der Waals surface area contributed by atoms with Crippen molar-refractivity contribution in [1.29, 1.82) is 0 Å². The number of anilines is 3. The molecule has 4 heterocycles. The zero-order chi connectivity index (χ0) is 50.2. The Labute approximate surface area is 398 Å². The summed E-state index contributed by atoms with van der Waals surface area (Å²) in [6, 6.07) is 13.4. The second-order valence-electron chi connectivity index (χ2n) is 17.5. The van der Waals surface area contributed by atoms with Crippen LogP contribution in [0.3, 0.4) is 0 Å². The van der Waals surface area contributed by atoms with Gasteiger partial charge in [-0.2, -0.15) is 4.98 Å². The van der Waals surface area contributed by atoms with Gasteiger partial charge in [0, 0.05) is 29.7 Å². The van der Waals surface area contributed by atoms with Crippen molar-refractivity contribution in [3.63, 3.8) is 0 Å². The smallest absolute Gasteiger partial charge is 0.480 e. The van der Waals surface area contributed by atoms with Crippen molar-refractivity contribution in [2.24, 2.45) is 11.7 Å². The molecule has 0 spiro atoms. The third-order valence-electron chi connectivity index (χ3n) is 10.1. The third-order valence-corrected chi connectivity index (χ3v) is 10.1. The third kappa shape index (κ3) is 15.5. The van der Waals surface area contributed by atoms with E-state index in [1.807, 2.05) is 58.6 Å². The van der Waals surface area contributed by atoms with E-state index in [1.165, 1.54) is 6.20 Å². The van der Waals surface area contributed by atoms with Gasteiger partial charge >= 0.3 is 12.1 Å². The first-order valence-electron chi connectivity index (χ1n) is 22.5. The Morgan fingerprint density at radius 2 is 1.65 bits per heavy atom. The number of aliphatic carboxylic acids is 1. The highest BCUT2D eigenvalue weighted by molar-refractivity contribution is 7.15. The van der Waals surface area contributed by atoms with Crippen LogP contribution in [-0.4, -0.2) is 101 Å². The second-order valence-corrected chi connectivity index (χ2v) is 17.5. The number of aromatic nitrogens is 7. The number of nitrogens with two attached hydrogens (primary N) is 3. The van der Waals surface area contributed by atoms with Crippen LogP contribution in [0.2, 0.25) is 0 Å². The van der Waals surface area contributed by atoms with E-state index in [1.54, 1.807) is 24.3 Å². The largest absolute Gasteiger partial charge is 0.508 e. The van der Waals surface area contributed by atoms with Gasteiger partial charge in [0.25, 0.3) is 11.5 Å². The van der Waals surface area contributed by atoms with E-state index < -0.39 is 40.8 Å². The van der Waals surface area contributed by atoms with E-state index in [9.17, 15) is 24.3 Å². The fourth-order valence-corrected chi connectivity index (χ4v) is 6.74. The van der Waals surface area contributed by atoms with Gasteiger partial charge < -0.3 is 51.7 Å². The molecule has 0 saturated heterocycles. The molecule has 368 valence electrons. The number of hydrogen-bond donors (Lipinski definition) is 7. The maximum absolute atomic E-state index is 12.6. The molecule has 68 heavy (non-hydrogen) atoms. The van der Waals surface area contributed by atoms with Crippen molar-refractivity contribution in [3.8, 4) is 0 Å². The van der Waals surface area contributed by atoms with Crippen LogP contribution in [0.4, 0.5) is 22.2 Å². The summed E-state index contributed by atoms with van der Waals surface area (Å²) in [5.74, 6) is 0.0795. The van der Waals surface area contributed by atoms with Crippen LogP contribution in [0.25, 0.3) is 33.1 Å². The number of imidazole rings is 1. The minimum absolute atomic E-state index is 0.0316. The van der Waals surface area contributed by atoms with Gasteiger partial charge in [-0.25, -0.2) is 29.5 Å². The summed E-state index contributed by atoms with van der Waals surface area (Å²) in [4.78, 5) is 72.1. The topological polar surface area (TPSA) is 303 Å². The quantitative estimate of drug-likeness (QED) is 0.0330. The number of unbranched alkanes of at least 4 members (excludes halogenated alkanes) is 1. The predicted octanol–water partition coefficient (Wildman–Crippen LogP) is 6.21. The molecule has 6 aromatic rings. The summed E-state index contributed by atoms with van der Waals surface area (Å²) in [6.07, 6.45) is 4.34. The molecule has 6 rings (SSSR count). The lowest BCUT2D eigenvalue weighted by molar-refractivity contribution is -0.139. The molecule has 0 fully saturated rings. The maximum Gasteiger partial charge on any atom is 0.508 e. The summed E-state index contributed by atoms with van der Waals surface area (Å²) in [7, 11) is 2.42. The summed E-state index contributed by atoms with van der Waals surface area (Å²) in [5, 5.41) is 15.8. The first-order chi connectivity index (χ1) is 32.3. The summed E-state index contributed by atoms with van der Waals surface area (Å²) >= 11 is 0. The molecule has 21 heteroatoms. The number of pyridine rings is 1. The Morgan fingerprint density at radius 3 is 2.31 bits per heavy atom. The lowest BCUT2D eigenvalue weighted by atomic mass is 10.1. The maximum atomic E-state index is 12.6. The van der Waals surface area contributed by atoms with Gasteiger partial charge in [0.05, 0.1) is 41.6 Å². The van der Waals surface area contributed by atoms with E-state index in [2.05, 4.69) is 70.1 Å². The van der Waals surface area contributed by atoms with Gasteiger partial charge in [0.15, 0.2) is 17.0 Å². The first kappa shape index (κ1) is 54.1. The van der Waals surface area contributed by atoms with E-state index in [0.717, 1.165) is 41.5 Å². The van der Waals surface area contributed by atoms with Crippen molar-refractivity contribution >= 4 is 77.8 Å². The number of ether oxygens (including phenoxy) is 3. The number of aryl methyl sites for hydroxylation is 1. The normalized spacial score (nSPS) is 11.9. The highest BCUT2D eigenvalue weighted by atomic mass is 31.0. The molecule has 0 saturated carbocycles. The van der Waals surface area contributed by atoms with Crippen LogP contribution in [0.1, 0.15) is 96.0 Å². The average Bonchev–Trinajstić information content (AvgIpc) is 3.66.